The molecule has 0 unspecified atom stereocenters. The predicted molar refractivity (Wildman–Crippen MR) is 37.3 cm³/mol. The summed E-state index contributed by atoms with van der Waals surface area (Å²) in [5, 5.41) is 0. The van der Waals surface area contributed by atoms with Crippen LogP contribution in [0.25, 0.3) is 0 Å². The molecule has 9 heavy (non-hydrogen) atoms. The Morgan fingerprint density at radius 1 is 1.33 bits per heavy atom. The molecule has 0 heterocycles. The molecule has 0 aromatic carbocycles. The fourth-order valence-corrected chi connectivity index (χ4v) is 1.45. The molecule has 0 rings (SSSR count). The Kier molecular flexibility index (Phi) is 4.42. The molecule has 0 N–H and O–H groups in total. The molecule has 0 amide bonds. The maximum Gasteiger partial charge on any atom is 0.612 e. The van der Waals surface area contributed by atoms with Crippen LogP contribution in [-0.4, -0.2) is 28.9 Å². The summed E-state index contributed by atoms with van der Waals surface area (Å²) in [7, 11) is 0.216. The zero-order valence-corrected chi connectivity index (χ0v) is 7.57. The fourth-order valence-electron chi connectivity index (χ4n) is 0.374. The monoisotopic (exact) mass is 170 g/mol. The minimum atomic E-state index is -2.73. The number of halogens is 1. The van der Waals surface area contributed by atoms with Crippen LogP contribution in [0.1, 0.15) is 6.92 Å². The lowest BCUT2D eigenvalue weighted by Crippen LogP contribution is -2.37. The van der Waals surface area contributed by atoms with Crippen LogP contribution >= 0.6 is 11.1 Å². The van der Waals surface area contributed by atoms with Crippen LogP contribution < -0.4 is 0 Å². The normalized spacial score (nSPS) is 12.0. The van der Waals surface area contributed by atoms with E-state index in [4.69, 9.17) is 24.4 Å². The molecule has 5 heteroatoms. The van der Waals surface area contributed by atoms with Crippen molar-refractivity contribution >= 4 is 19.2 Å². The van der Waals surface area contributed by atoms with Crippen molar-refractivity contribution in [2.45, 2.75) is 6.92 Å². The third-order valence-electron chi connectivity index (χ3n) is 0.804. The molecule has 0 fully saturated rings. The Hall–Kier alpha value is 0.387. The van der Waals surface area contributed by atoms with E-state index in [0.29, 0.717) is 6.61 Å². The first-order chi connectivity index (χ1) is 4.18. The van der Waals surface area contributed by atoms with Gasteiger partial charge in [0.1, 0.15) is 0 Å². The van der Waals surface area contributed by atoms with Crippen LogP contribution in [0.15, 0.2) is 0 Å². The van der Waals surface area contributed by atoms with Gasteiger partial charge in [-0.15, -0.1) is 0 Å². The molecular formula is C4H11ClO3Si. The van der Waals surface area contributed by atoms with E-state index in [1.807, 2.05) is 6.92 Å². The summed E-state index contributed by atoms with van der Waals surface area (Å²) in [6.07, 6.45) is 0. The second-order valence-corrected chi connectivity index (χ2v) is 4.78. The minimum absolute atomic E-state index is 0.511. The zero-order valence-electron chi connectivity index (χ0n) is 5.81. The maximum absolute atomic E-state index is 5.68. The Morgan fingerprint density at radius 2 is 1.78 bits per heavy atom. The lowest BCUT2D eigenvalue weighted by molar-refractivity contribution is 0.129. The molecule has 0 aromatic rings. The van der Waals surface area contributed by atoms with Gasteiger partial charge in [0.25, 0.3) is 0 Å². The van der Waals surface area contributed by atoms with Crippen LogP contribution in [0.5, 0.6) is 0 Å². The zero-order chi connectivity index (χ0) is 7.33. The van der Waals surface area contributed by atoms with Crippen molar-refractivity contribution in [3.63, 3.8) is 0 Å². The van der Waals surface area contributed by atoms with Gasteiger partial charge in [-0.1, -0.05) is 11.1 Å². The highest BCUT2D eigenvalue weighted by molar-refractivity contribution is 7.09. The molecule has 0 aromatic heterocycles. The first-order valence-corrected chi connectivity index (χ1v) is 5.35. The number of rotatable bonds is 4. The molecule has 0 saturated heterocycles. The summed E-state index contributed by atoms with van der Waals surface area (Å²) in [5.74, 6) is 0. The van der Waals surface area contributed by atoms with Gasteiger partial charge < -0.3 is 13.3 Å². The SMILES string of the molecule is CCO[Si](Cl)(OC)OC. The topological polar surface area (TPSA) is 27.7 Å². The largest absolute Gasteiger partial charge is 0.612 e. The summed E-state index contributed by atoms with van der Waals surface area (Å²) < 4.78 is 14.6. The lowest BCUT2D eigenvalue weighted by atomic mass is 10.9. The fraction of sp³-hybridized carbons (Fsp3) is 1.00. The highest BCUT2D eigenvalue weighted by atomic mass is 35.6. The molecule has 0 bridgehead atoms. The van der Waals surface area contributed by atoms with E-state index >= 15 is 0 Å². The van der Waals surface area contributed by atoms with Crippen molar-refractivity contribution < 1.29 is 13.3 Å². The van der Waals surface area contributed by atoms with Crippen LogP contribution in [0.2, 0.25) is 0 Å². The van der Waals surface area contributed by atoms with E-state index in [1.165, 1.54) is 14.2 Å². The summed E-state index contributed by atoms with van der Waals surface area (Å²) in [6, 6.07) is 0. The van der Waals surface area contributed by atoms with Crippen LogP contribution in [0.3, 0.4) is 0 Å². The Balaban J connectivity index is 3.62. The predicted octanol–water partition coefficient (Wildman–Crippen LogP) is 0.990. The van der Waals surface area contributed by atoms with Crippen molar-refractivity contribution in [3.05, 3.63) is 0 Å². The summed E-state index contributed by atoms with van der Waals surface area (Å²) in [6.45, 7) is 2.35. The summed E-state index contributed by atoms with van der Waals surface area (Å²) in [5.41, 5.74) is 0. The van der Waals surface area contributed by atoms with Gasteiger partial charge >= 0.3 is 8.11 Å². The van der Waals surface area contributed by atoms with E-state index in [2.05, 4.69) is 0 Å². The lowest BCUT2D eigenvalue weighted by Gasteiger charge is -2.16. The van der Waals surface area contributed by atoms with E-state index in [9.17, 15) is 0 Å². The first-order valence-electron chi connectivity index (χ1n) is 2.61. The highest BCUT2D eigenvalue weighted by Crippen LogP contribution is 2.10. The molecule has 56 valence electrons. The van der Waals surface area contributed by atoms with Crippen molar-refractivity contribution in [2.24, 2.45) is 0 Å². The molecule has 0 saturated carbocycles. The molecule has 0 radical (unpaired) electrons. The Labute approximate surface area is 60.9 Å². The summed E-state index contributed by atoms with van der Waals surface area (Å²) >= 11 is 5.68. The molecule has 0 atom stereocenters. The van der Waals surface area contributed by atoms with E-state index in [1.54, 1.807) is 0 Å². The summed E-state index contributed by atoms with van der Waals surface area (Å²) in [4.78, 5) is 0. The molecule has 3 nitrogen and oxygen atoms in total. The van der Waals surface area contributed by atoms with Crippen LogP contribution in [0, 0.1) is 0 Å². The minimum Gasteiger partial charge on any atom is -0.365 e. The van der Waals surface area contributed by atoms with Gasteiger partial charge in [0.05, 0.1) is 0 Å². The van der Waals surface area contributed by atoms with Crippen molar-refractivity contribution in [2.75, 3.05) is 20.8 Å². The third kappa shape index (κ3) is 3.17. The maximum atomic E-state index is 5.68. The van der Waals surface area contributed by atoms with Gasteiger partial charge in [-0.05, 0) is 6.92 Å². The molecule has 0 aliphatic rings. The first kappa shape index (κ1) is 9.39. The molecule has 0 aliphatic carbocycles. The Bertz CT molecular complexity index is 76.2. The average molecular weight is 171 g/mol. The second kappa shape index (κ2) is 4.24. The van der Waals surface area contributed by atoms with Crippen molar-refractivity contribution in [1.82, 2.24) is 0 Å². The second-order valence-electron chi connectivity index (χ2n) is 1.32. The van der Waals surface area contributed by atoms with Crippen molar-refractivity contribution in [3.8, 4) is 0 Å². The van der Waals surface area contributed by atoms with Gasteiger partial charge in [-0.3, -0.25) is 0 Å². The van der Waals surface area contributed by atoms with E-state index in [0.717, 1.165) is 0 Å². The van der Waals surface area contributed by atoms with Gasteiger partial charge in [-0.25, -0.2) is 0 Å². The van der Waals surface area contributed by atoms with Crippen LogP contribution in [-0.2, 0) is 13.3 Å². The van der Waals surface area contributed by atoms with Gasteiger partial charge in [0, 0.05) is 20.8 Å². The smallest absolute Gasteiger partial charge is 0.365 e. The van der Waals surface area contributed by atoms with Gasteiger partial charge in [0.15, 0.2) is 0 Å². The van der Waals surface area contributed by atoms with Gasteiger partial charge in [0.2, 0.25) is 0 Å². The highest BCUT2D eigenvalue weighted by Gasteiger charge is 2.36. The average Bonchev–Trinajstić information content (AvgIpc) is 1.89. The van der Waals surface area contributed by atoms with E-state index in [-0.39, 0.29) is 0 Å². The van der Waals surface area contributed by atoms with Crippen molar-refractivity contribution in [1.29, 1.82) is 0 Å². The van der Waals surface area contributed by atoms with E-state index < -0.39 is 8.11 Å². The molecule has 0 spiro atoms. The molecular weight excluding hydrogens is 160 g/mol. The standard InChI is InChI=1S/C4H11ClO3Si/c1-4-8-9(5,6-2)7-3/h4H2,1-3H3. The Morgan fingerprint density at radius 3 is 1.89 bits per heavy atom. The quantitative estimate of drug-likeness (QED) is 0.465. The number of hydrogen-bond acceptors (Lipinski definition) is 3. The van der Waals surface area contributed by atoms with Crippen LogP contribution in [0.4, 0.5) is 0 Å². The van der Waals surface area contributed by atoms with Gasteiger partial charge in [-0.2, -0.15) is 0 Å². The number of hydrogen-bond donors (Lipinski definition) is 0. The molecule has 0 aliphatic heterocycles. The third-order valence-corrected chi connectivity index (χ3v) is 3.67.